The molecule has 0 bridgehead atoms. The summed E-state index contributed by atoms with van der Waals surface area (Å²) in [6.07, 6.45) is 6.85. The molecule has 1 aliphatic carbocycles. The van der Waals surface area contributed by atoms with Gasteiger partial charge in [0.2, 0.25) is 0 Å². The number of likely N-dealkylation sites (tertiary alicyclic amines) is 1. The Morgan fingerprint density at radius 3 is 2.95 bits per heavy atom. The molecule has 0 radical (unpaired) electrons. The van der Waals surface area contributed by atoms with E-state index in [0.717, 1.165) is 35.4 Å². The van der Waals surface area contributed by atoms with E-state index in [1.165, 1.54) is 38.6 Å². The topological polar surface area (TPSA) is 36.3 Å². The Morgan fingerprint density at radius 1 is 1.30 bits per heavy atom. The fourth-order valence-electron chi connectivity index (χ4n) is 3.89. The first-order valence-electron chi connectivity index (χ1n) is 7.63. The van der Waals surface area contributed by atoms with Crippen LogP contribution in [0.25, 0.3) is 0 Å². The van der Waals surface area contributed by atoms with Crippen LogP contribution in [-0.4, -0.2) is 24.6 Å². The normalized spacial score (nSPS) is 26.0. The van der Waals surface area contributed by atoms with Crippen LogP contribution in [0.4, 0.5) is 0 Å². The van der Waals surface area contributed by atoms with Gasteiger partial charge in [-0.3, -0.25) is 4.90 Å². The van der Waals surface area contributed by atoms with E-state index in [1.807, 2.05) is 18.2 Å². The zero-order valence-electron chi connectivity index (χ0n) is 12.1. The second kappa shape index (κ2) is 5.85. The van der Waals surface area contributed by atoms with Crippen LogP contribution in [0.5, 0.6) is 5.75 Å². The molecule has 2 aliphatic rings. The molecule has 3 heteroatoms. The summed E-state index contributed by atoms with van der Waals surface area (Å²) in [6.45, 7) is 2.11. The second-order valence-electron chi connectivity index (χ2n) is 6.01. The number of hydrogen-bond donors (Lipinski definition) is 0. The van der Waals surface area contributed by atoms with Crippen LogP contribution in [0.3, 0.4) is 0 Å². The SMILES string of the molecule is COc1ccc(C#N)cc1CN1CCC2CCCCC21. The van der Waals surface area contributed by atoms with Crippen molar-refractivity contribution in [3.05, 3.63) is 29.3 Å². The monoisotopic (exact) mass is 270 g/mol. The zero-order chi connectivity index (χ0) is 13.9. The molecule has 1 aromatic rings. The molecule has 1 aliphatic heterocycles. The molecule has 106 valence electrons. The smallest absolute Gasteiger partial charge is 0.123 e. The van der Waals surface area contributed by atoms with Gasteiger partial charge in [-0.15, -0.1) is 0 Å². The van der Waals surface area contributed by atoms with Crippen molar-refractivity contribution in [2.75, 3.05) is 13.7 Å². The van der Waals surface area contributed by atoms with Crippen LogP contribution < -0.4 is 4.74 Å². The number of benzene rings is 1. The zero-order valence-corrected chi connectivity index (χ0v) is 12.1. The average Bonchev–Trinajstić information content (AvgIpc) is 2.90. The van der Waals surface area contributed by atoms with Gasteiger partial charge in [-0.1, -0.05) is 12.8 Å². The lowest BCUT2D eigenvalue weighted by Crippen LogP contribution is -2.34. The van der Waals surface area contributed by atoms with Crippen molar-refractivity contribution in [3.63, 3.8) is 0 Å². The minimum absolute atomic E-state index is 0.722. The first-order valence-corrected chi connectivity index (χ1v) is 7.63. The third kappa shape index (κ3) is 2.53. The second-order valence-corrected chi connectivity index (χ2v) is 6.01. The van der Waals surface area contributed by atoms with Crippen molar-refractivity contribution in [2.24, 2.45) is 5.92 Å². The van der Waals surface area contributed by atoms with Gasteiger partial charge in [-0.25, -0.2) is 0 Å². The summed E-state index contributed by atoms with van der Waals surface area (Å²) in [5.74, 6) is 1.80. The Labute approximate surface area is 121 Å². The summed E-state index contributed by atoms with van der Waals surface area (Å²) in [4.78, 5) is 2.60. The molecule has 0 spiro atoms. The van der Waals surface area contributed by atoms with Gasteiger partial charge >= 0.3 is 0 Å². The molecule has 0 amide bonds. The van der Waals surface area contributed by atoms with E-state index in [-0.39, 0.29) is 0 Å². The fraction of sp³-hybridized carbons (Fsp3) is 0.588. The molecule has 0 N–H and O–H groups in total. The van der Waals surface area contributed by atoms with Gasteiger partial charge in [-0.2, -0.15) is 5.26 Å². The highest BCUT2D eigenvalue weighted by Gasteiger charge is 2.35. The lowest BCUT2D eigenvalue weighted by molar-refractivity contribution is 0.174. The Balaban J connectivity index is 1.79. The number of fused-ring (bicyclic) bond motifs is 1. The fourth-order valence-corrected chi connectivity index (χ4v) is 3.89. The number of hydrogen-bond acceptors (Lipinski definition) is 3. The van der Waals surface area contributed by atoms with Crippen molar-refractivity contribution < 1.29 is 4.74 Å². The first kappa shape index (κ1) is 13.5. The minimum atomic E-state index is 0.722. The Hall–Kier alpha value is -1.53. The summed E-state index contributed by atoms with van der Waals surface area (Å²) in [6, 6.07) is 8.70. The predicted molar refractivity (Wildman–Crippen MR) is 78.5 cm³/mol. The highest BCUT2D eigenvalue weighted by molar-refractivity contribution is 5.42. The molecule has 20 heavy (non-hydrogen) atoms. The van der Waals surface area contributed by atoms with Gasteiger partial charge in [0, 0.05) is 18.2 Å². The molecule has 0 aromatic heterocycles. The maximum atomic E-state index is 9.07. The molecule has 3 nitrogen and oxygen atoms in total. The molecular formula is C17H22N2O. The number of nitriles is 1. The van der Waals surface area contributed by atoms with Gasteiger partial charge in [0.25, 0.3) is 0 Å². The van der Waals surface area contributed by atoms with Crippen LogP contribution in [0.15, 0.2) is 18.2 Å². The van der Waals surface area contributed by atoms with Crippen LogP contribution in [0, 0.1) is 17.2 Å². The minimum Gasteiger partial charge on any atom is -0.496 e. The molecule has 2 atom stereocenters. The maximum absolute atomic E-state index is 9.07. The molecular weight excluding hydrogens is 248 g/mol. The summed E-state index contributed by atoms with van der Waals surface area (Å²) in [5, 5.41) is 9.07. The number of methoxy groups -OCH3 is 1. The molecule has 1 saturated carbocycles. The van der Waals surface area contributed by atoms with Gasteiger partial charge in [0.15, 0.2) is 0 Å². The van der Waals surface area contributed by atoms with Crippen molar-refractivity contribution in [1.82, 2.24) is 4.90 Å². The van der Waals surface area contributed by atoms with Crippen molar-refractivity contribution in [1.29, 1.82) is 5.26 Å². The van der Waals surface area contributed by atoms with E-state index in [0.29, 0.717) is 0 Å². The predicted octanol–water partition coefficient (Wildman–Crippen LogP) is 3.33. The van der Waals surface area contributed by atoms with E-state index in [2.05, 4.69) is 11.0 Å². The van der Waals surface area contributed by atoms with Crippen LogP contribution >= 0.6 is 0 Å². The molecule has 2 unspecified atom stereocenters. The summed E-state index contributed by atoms with van der Waals surface area (Å²) in [7, 11) is 1.71. The van der Waals surface area contributed by atoms with E-state index in [4.69, 9.17) is 10.00 Å². The summed E-state index contributed by atoms with van der Waals surface area (Å²) >= 11 is 0. The summed E-state index contributed by atoms with van der Waals surface area (Å²) in [5.41, 5.74) is 1.87. The maximum Gasteiger partial charge on any atom is 0.123 e. The number of rotatable bonds is 3. The van der Waals surface area contributed by atoms with Gasteiger partial charge < -0.3 is 4.74 Å². The third-order valence-corrected chi connectivity index (χ3v) is 4.91. The van der Waals surface area contributed by atoms with E-state index in [1.54, 1.807) is 7.11 Å². The lowest BCUT2D eigenvalue weighted by atomic mass is 9.85. The van der Waals surface area contributed by atoms with Crippen molar-refractivity contribution in [2.45, 2.75) is 44.7 Å². The Bertz CT molecular complexity index is 520. The van der Waals surface area contributed by atoms with Gasteiger partial charge in [-0.05, 0) is 49.9 Å². The van der Waals surface area contributed by atoms with E-state index < -0.39 is 0 Å². The Kier molecular flexibility index (Phi) is 3.93. The first-order chi connectivity index (χ1) is 9.81. The largest absolute Gasteiger partial charge is 0.496 e. The molecule has 1 heterocycles. The van der Waals surface area contributed by atoms with Crippen LogP contribution in [0.1, 0.15) is 43.2 Å². The van der Waals surface area contributed by atoms with Gasteiger partial charge in [0.1, 0.15) is 5.75 Å². The molecule has 1 aromatic carbocycles. The quantitative estimate of drug-likeness (QED) is 0.845. The highest BCUT2D eigenvalue weighted by atomic mass is 16.5. The Morgan fingerprint density at radius 2 is 2.15 bits per heavy atom. The summed E-state index contributed by atoms with van der Waals surface area (Å²) < 4.78 is 5.46. The van der Waals surface area contributed by atoms with Crippen molar-refractivity contribution >= 4 is 0 Å². The lowest BCUT2D eigenvalue weighted by Gasteiger charge is -2.32. The van der Waals surface area contributed by atoms with Crippen LogP contribution in [-0.2, 0) is 6.54 Å². The third-order valence-electron chi connectivity index (χ3n) is 4.91. The highest BCUT2D eigenvalue weighted by Crippen LogP contribution is 2.37. The standard InChI is InChI=1S/C17H22N2O/c1-20-17-7-6-13(11-18)10-15(17)12-19-9-8-14-4-2-3-5-16(14)19/h6-7,10,14,16H,2-5,8-9,12H2,1H3. The molecule has 1 saturated heterocycles. The number of nitrogens with zero attached hydrogens (tertiary/aromatic N) is 2. The van der Waals surface area contributed by atoms with Crippen LogP contribution in [0.2, 0.25) is 0 Å². The average molecular weight is 270 g/mol. The molecule has 2 fully saturated rings. The van der Waals surface area contributed by atoms with Crippen molar-refractivity contribution in [3.8, 4) is 11.8 Å². The van der Waals surface area contributed by atoms with E-state index in [9.17, 15) is 0 Å². The molecule has 3 rings (SSSR count). The van der Waals surface area contributed by atoms with Gasteiger partial charge in [0.05, 0.1) is 18.7 Å². The van der Waals surface area contributed by atoms with E-state index >= 15 is 0 Å². The number of ether oxygens (including phenoxy) is 1.